The number of hydrogen-bond donors (Lipinski definition) is 3. The van der Waals surface area contributed by atoms with Crippen LogP contribution in [0.5, 0.6) is 0 Å². The molecule has 0 bridgehead atoms. The number of fused-ring (bicyclic) bond motifs is 2. The van der Waals surface area contributed by atoms with Gasteiger partial charge in [0.05, 0.1) is 23.9 Å². The van der Waals surface area contributed by atoms with Crippen molar-refractivity contribution in [2.45, 2.75) is 45.1 Å². The van der Waals surface area contributed by atoms with Gasteiger partial charge in [-0.3, -0.25) is 4.79 Å². The first-order valence-electron chi connectivity index (χ1n) is 12.6. The number of aliphatic hydroxyl groups excluding tert-OH is 2. The number of benzene rings is 2. The van der Waals surface area contributed by atoms with Crippen molar-refractivity contribution in [2.75, 3.05) is 5.32 Å². The third kappa shape index (κ3) is 4.25. The van der Waals surface area contributed by atoms with Gasteiger partial charge in [0.1, 0.15) is 17.7 Å². The third-order valence-electron chi connectivity index (χ3n) is 7.91. The number of imidazole rings is 1. The van der Waals surface area contributed by atoms with Crippen molar-refractivity contribution in [3.63, 3.8) is 0 Å². The predicted octanol–water partition coefficient (Wildman–Crippen LogP) is 3.81. The molecule has 2 unspecified atom stereocenters. The van der Waals surface area contributed by atoms with Crippen molar-refractivity contribution < 1.29 is 19.4 Å². The van der Waals surface area contributed by atoms with E-state index in [0.717, 1.165) is 5.56 Å². The smallest absolute Gasteiger partial charge is 0.209 e. The fourth-order valence-corrected chi connectivity index (χ4v) is 5.93. The van der Waals surface area contributed by atoms with Gasteiger partial charge in [0, 0.05) is 17.1 Å². The van der Waals surface area contributed by atoms with Crippen molar-refractivity contribution in [1.82, 2.24) is 19.5 Å². The molecule has 0 saturated heterocycles. The molecular weight excluding hydrogens is 521 g/mol. The lowest BCUT2D eigenvalue weighted by atomic mass is 9.95. The van der Waals surface area contributed by atoms with Crippen LogP contribution in [-0.4, -0.2) is 47.7 Å². The maximum Gasteiger partial charge on any atom is 0.209 e. The minimum atomic E-state index is -1.17. The van der Waals surface area contributed by atoms with Gasteiger partial charge in [0.25, 0.3) is 0 Å². The van der Waals surface area contributed by atoms with Crippen LogP contribution in [0.25, 0.3) is 11.2 Å². The highest BCUT2D eigenvalue weighted by atomic mass is 35.5. The van der Waals surface area contributed by atoms with E-state index in [2.05, 4.69) is 32.1 Å². The number of aliphatic hydroxyl groups is 2. The molecule has 198 valence electrons. The van der Waals surface area contributed by atoms with Crippen LogP contribution in [0.1, 0.15) is 41.9 Å². The van der Waals surface area contributed by atoms with Crippen molar-refractivity contribution in [2.24, 2.45) is 11.3 Å². The molecule has 6 rings (SSSR count). The summed E-state index contributed by atoms with van der Waals surface area (Å²) >= 11 is 6.14. The SMILES string of the molecule is CC(=O)[C@@]12CC1[C@@H](n1cnc3c(NCc4cccc(Cl)c4)nc(C#Cc4ccc(C)c(F)c4)nc31)[C@H](O)C2O. The lowest BCUT2D eigenvalue weighted by molar-refractivity contribution is -0.128. The Morgan fingerprint density at radius 3 is 2.77 bits per heavy atom. The second-order valence-electron chi connectivity index (χ2n) is 10.3. The molecule has 2 fully saturated rings. The third-order valence-corrected chi connectivity index (χ3v) is 8.15. The lowest BCUT2D eigenvalue weighted by Crippen LogP contribution is -2.36. The number of nitrogens with one attached hydrogen (secondary N) is 1. The van der Waals surface area contributed by atoms with E-state index in [1.807, 2.05) is 18.2 Å². The van der Waals surface area contributed by atoms with Gasteiger partial charge in [0.15, 0.2) is 17.0 Å². The van der Waals surface area contributed by atoms with Gasteiger partial charge in [-0.25, -0.2) is 19.3 Å². The number of nitrogens with zero attached hydrogens (tertiary/aromatic N) is 4. The largest absolute Gasteiger partial charge is 0.389 e. The van der Waals surface area contributed by atoms with E-state index in [1.165, 1.54) is 13.0 Å². The number of rotatable bonds is 5. The molecule has 0 spiro atoms. The highest BCUT2D eigenvalue weighted by Gasteiger charge is 2.74. The Balaban J connectivity index is 1.42. The van der Waals surface area contributed by atoms with Crippen molar-refractivity contribution in [1.29, 1.82) is 0 Å². The number of carbonyl (C=O) groups is 1. The fourth-order valence-electron chi connectivity index (χ4n) is 5.72. The molecule has 10 heteroatoms. The minimum absolute atomic E-state index is 0.138. The summed E-state index contributed by atoms with van der Waals surface area (Å²) in [5.41, 5.74) is 1.83. The number of ketones is 1. The molecule has 4 aromatic rings. The van der Waals surface area contributed by atoms with Crippen LogP contribution < -0.4 is 5.32 Å². The Morgan fingerprint density at radius 1 is 1.23 bits per heavy atom. The van der Waals surface area contributed by atoms with Gasteiger partial charge in [-0.05, 0) is 67.5 Å². The van der Waals surface area contributed by atoms with Crippen LogP contribution in [0.15, 0.2) is 48.8 Å². The van der Waals surface area contributed by atoms with E-state index in [0.29, 0.717) is 46.1 Å². The Labute approximate surface area is 228 Å². The van der Waals surface area contributed by atoms with Gasteiger partial charge in [0.2, 0.25) is 5.82 Å². The highest BCUT2D eigenvalue weighted by molar-refractivity contribution is 6.30. The number of Topliss-reactive ketones (excluding diaryl/α,β-unsaturated/α-hetero) is 1. The first-order valence-corrected chi connectivity index (χ1v) is 12.9. The van der Waals surface area contributed by atoms with E-state index in [1.54, 1.807) is 36.0 Å². The highest BCUT2D eigenvalue weighted by Crippen LogP contribution is 2.68. The average molecular weight is 546 g/mol. The van der Waals surface area contributed by atoms with Crippen molar-refractivity contribution in [3.8, 4) is 11.8 Å². The van der Waals surface area contributed by atoms with Gasteiger partial charge < -0.3 is 20.1 Å². The monoisotopic (exact) mass is 545 g/mol. The number of hydrogen-bond acceptors (Lipinski definition) is 7. The van der Waals surface area contributed by atoms with E-state index >= 15 is 0 Å². The molecule has 39 heavy (non-hydrogen) atoms. The molecule has 2 aromatic carbocycles. The molecule has 0 radical (unpaired) electrons. The quantitative estimate of drug-likeness (QED) is 0.327. The molecule has 8 nitrogen and oxygen atoms in total. The van der Waals surface area contributed by atoms with Crippen LogP contribution in [0.4, 0.5) is 10.2 Å². The van der Waals surface area contributed by atoms with Crippen LogP contribution in [0.2, 0.25) is 5.02 Å². The number of halogens is 2. The lowest BCUT2D eigenvalue weighted by Gasteiger charge is -2.23. The molecule has 2 saturated carbocycles. The molecule has 2 aliphatic rings. The van der Waals surface area contributed by atoms with E-state index < -0.39 is 23.7 Å². The molecule has 2 aromatic heterocycles. The summed E-state index contributed by atoms with van der Waals surface area (Å²) in [5, 5.41) is 25.6. The first kappa shape index (κ1) is 25.4. The number of carbonyl (C=O) groups excluding carboxylic acids is 1. The van der Waals surface area contributed by atoms with Crippen LogP contribution >= 0.6 is 11.6 Å². The molecule has 3 N–H and O–H groups in total. The summed E-state index contributed by atoms with van der Waals surface area (Å²) in [7, 11) is 0. The van der Waals surface area contributed by atoms with Crippen LogP contribution in [0, 0.1) is 35.9 Å². The minimum Gasteiger partial charge on any atom is -0.389 e. The number of aromatic nitrogens is 4. The maximum atomic E-state index is 14.1. The molecular formula is C29H25ClFN5O3. The Bertz CT molecular complexity index is 1700. The second kappa shape index (κ2) is 9.42. The second-order valence-corrected chi connectivity index (χ2v) is 10.7. The summed E-state index contributed by atoms with van der Waals surface area (Å²) in [6, 6.07) is 11.5. The summed E-state index contributed by atoms with van der Waals surface area (Å²) in [6.45, 7) is 3.53. The van der Waals surface area contributed by atoms with Crippen LogP contribution in [0.3, 0.4) is 0 Å². The number of aryl methyl sites for hydroxylation is 1. The normalized spacial score (nSPS) is 25.2. The van der Waals surface area contributed by atoms with E-state index in [9.17, 15) is 19.4 Å². The Morgan fingerprint density at radius 2 is 2.05 bits per heavy atom. The van der Waals surface area contributed by atoms with Gasteiger partial charge in [-0.15, -0.1) is 0 Å². The predicted molar refractivity (Wildman–Crippen MR) is 143 cm³/mol. The van der Waals surface area contributed by atoms with Crippen LogP contribution in [-0.2, 0) is 11.3 Å². The standard InChI is InChI=1S/C29H25ClFN5O3/c1-15-6-7-17(11-21(15)31)8-9-22-34-27(32-13-18-4-3-5-19(30)10-18)23-28(35-22)36(14-33-23)24-20-12-29(20,16(2)37)26(39)25(24)38/h3-7,10-11,14,20,24-26,38-39H,12-13H2,1-2H3,(H,32,34,35)/t20?,24-,25+,26?,29+/m1/s1. The Hall–Kier alpha value is -3.84. The summed E-state index contributed by atoms with van der Waals surface area (Å²) in [5.74, 6) is 5.68. The van der Waals surface area contributed by atoms with Gasteiger partial charge in [-0.1, -0.05) is 35.7 Å². The van der Waals surface area contributed by atoms with Crippen molar-refractivity contribution >= 4 is 34.4 Å². The molecule has 2 aliphatic carbocycles. The van der Waals surface area contributed by atoms with Crippen molar-refractivity contribution in [3.05, 3.63) is 82.1 Å². The summed E-state index contributed by atoms with van der Waals surface area (Å²) in [6.07, 6.45) is -0.291. The first-order chi connectivity index (χ1) is 18.7. The van der Waals surface area contributed by atoms with E-state index in [4.69, 9.17) is 11.6 Å². The zero-order chi connectivity index (χ0) is 27.5. The van der Waals surface area contributed by atoms with Gasteiger partial charge in [-0.2, -0.15) is 0 Å². The van der Waals surface area contributed by atoms with E-state index in [-0.39, 0.29) is 23.3 Å². The zero-order valence-electron chi connectivity index (χ0n) is 21.2. The molecule has 0 amide bonds. The Kier molecular flexibility index (Phi) is 6.14. The summed E-state index contributed by atoms with van der Waals surface area (Å²) in [4.78, 5) is 26.1. The topological polar surface area (TPSA) is 113 Å². The zero-order valence-corrected chi connectivity index (χ0v) is 21.9. The average Bonchev–Trinajstić information content (AvgIpc) is 3.45. The molecule has 2 heterocycles. The molecule has 0 aliphatic heterocycles. The maximum absolute atomic E-state index is 14.1. The number of anilines is 1. The van der Waals surface area contributed by atoms with Gasteiger partial charge >= 0.3 is 0 Å². The molecule has 5 atom stereocenters. The fraction of sp³-hybridized carbons (Fsp3) is 0.310. The summed E-state index contributed by atoms with van der Waals surface area (Å²) < 4.78 is 15.8.